The van der Waals surface area contributed by atoms with Gasteiger partial charge in [-0.15, -0.1) is 6.42 Å². The van der Waals surface area contributed by atoms with Crippen LogP contribution in [0, 0.1) is 12.3 Å². The van der Waals surface area contributed by atoms with E-state index in [1.165, 1.54) is 4.31 Å². The maximum Gasteiger partial charge on any atom is 0.215 e. The van der Waals surface area contributed by atoms with E-state index in [0.29, 0.717) is 13.0 Å². The summed E-state index contributed by atoms with van der Waals surface area (Å²) < 4.78 is 25.5. The summed E-state index contributed by atoms with van der Waals surface area (Å²) >= 11 is 0. The zero-order valence-corrected chi connectivity index (χ0v) is 11.4. The fraction of sp³-hybridized carbons (Fsp3) is 0.462. The molecule has 0 aliphatic carbocycles. The van der Waals surface area contributed by atoms with Gasteiger partial charge >= 0.3 is 0 Å². The summed E-state index contributed by atoms with van der Waals surface area (Å²) in [4.78, 5) is 4.11. The number of sulfonamides is 1. The van der Waals surface area contributed by atoms with Crippen molar-refractivity contribution >= 4 is 10.0 Å². The highest BCUT2D eigenvalue weighted by molar-refractivity contribution is 7.89. The Morgan fingerprint density at radius 1 is 1.44 bits per heavy atom. The number of terminal acetylenes is 1. The van der Waals surface area contributed by atoms with Crippen LogP contribution in [0.15, 0.2) is 24.4 Å². The van der Waals surface area contributed by atoms with E-state index in [2.05, 4.69) is 10.9 Å². The molecule has 0 bridgehead atoms. The molecule has 1 rings (SSSR count). The SMILES string of the molecule is C#CCN(CCC)S(=O)(=O)CCc1ccccn1. The molecule has 5 heteroatoms. The third kappa shape index (κ3) is 4.47. The molecule has 0 fully saturated rings. The van der Waals surface area contributed by atoms with Gasteiger partial charge in [0, 0.05) is 24.9 Å². The Hall–Kier alpha value is -1.38. The zero-order chi connectivity index (χ0) is 13.4. The Kier molecular flexibility index (Phi) is 5.83. The maximum atomic E-state index is 12.1. The summed E-state index contributed by atoms with van der Waals surface area (Å²) in [6, 6.07) is 5.47. The molecule has 4 nitrogen and oxygen atoms in total. The van der Waals surface area contributed by atoms with Gasteiger partial charge in [-0.25, -0.2) is 8.42 Å². The molecule has 0 spiro atoms. The van der Waals surface area contributed by atoms with Gasteiger partial charge in [0.05, 0.1) is 12.3 Å². The van der Waals surface area contributed by atoms with E-state index in [0.717, 1.165) is 12.1 Å². The van der Waals surface area contributed by atoms with Crippen LogP contribution in [-0.4, -0.2) is 36.5 Å². The molecule has 0 aromatic carbocycles. The van der Waals surface area contributed by atoms with Crippen molar-refractivity contribution in [1.82, 2.24) is 9.29 Å². The Morgan fingerprint density at radius 2 is 2.22 bits per heavy atom. The third-order valence-corrected chi connectivity index (χ3v) is 4.29. The second-order valence-corrected chi connectivity index (χ2v) is 6.01. The van der Waals surface area contributed by atoms with Crippen molar-refractivity contribution in [2.24, 2.45) is 0 Å². The highest BCUT2D eigenvalue weighted by atomic mass is 32.2. The predicted molar refractivity (Wildman–Crippen MR) is 72.4 cm³/mol. The summed E-state index contributed by atoms with van der Waals surface area (Å²) in [5, 5.41) is 0. The molecular formula is C13H18N2O2S. The van der Waals surface area contributed by atoms with Gasteiger partial charge in [-0.1, -0.05) is 18.9 Å². The summed E-state index contributed by atoms with van der Waals surface area (Å²) in [6.45, 7) is 2.53. The highest BCUT2D eigenvalue weighted by Crippen LogP contribution is 2.05. The lowest BCUT2D eigenvalue weighted by Gasteiger charge is -2.18. The van der Waals surface area contributed by atoms with Gasteiger partial charge in [0.2, 0.25) is 10.0 Å². The van der Waals surface area contributed by atoms with E-state index in [1.54, 1.807) is 12.3 Å². The van der Waals surface area contributed by atoms with Crippen molar-refractivity contribution in [1.29, 1.82) is 0 Å². The van der Waals surface area contributed by atoms with E-state index in [-0.39, 0.29) is 12.3 Å². The molecule has 0 saturated heterocycles. The standard InChI is InChI=1S/C13H18N2O2S/c1-3-10-15(11-4-2)18(16,17)12-8-13-7-5-6-9-14-13/h1,5-7,9H,4,8,10-12H2,2H3. The minimum atomic E-state index is -3.29. The molecule has 0 saturated carbocycles. The zero-order valence-electron chi connectivity index (χ0n) is 10.5. The Morgan fingerprint density at radius 3 is 2.78 bits per heavy atom. The van der Waals surface area contributed by atoms with E-state index >= 15 is 0 Å². The van der Waals surface area contributed by atoms with Crippen molar-refractivity contribution in [2.45, 2.75) is 19.8 Å². The molecule has 1 aromatic rings. The van der Waals surface area contributed by atoms with Gasteiger partial charge in [0.25, 0.3) is 0 Å². The van der Waals surface area contributed by atoms with Crippen LogP contribution in [0.25, 0.3) is 0 Å². The smallest absolute Gasteiger partial charge is 0.215 e. The van der Waals surface area contributed by atoms with Crippen LogP contribution in [0.3, 0.4) is 0 Å². The van der Waals surface area contributed by atoms with Crippen LogP contribution < -0.4 is 0 Å². The van der Waals surface area contributed by atoms with E-state index in [9.17, 15) is 8.42 Å². The monoisotopic (exact) mass is 266 g/mol. The number of rotatable bonds is 7. The van der Waals surface area contributed by atoms with Crippen molar-refractivity contribution in [2.75, 3.05) is 18.8 Å². The Bertz CT molecular complexity index is 491. The second kappa shape index (κ2) is 7.14. The summed E-state index contributed by atoms with van der Waals surface area (Å²) in [5.41, 5.74) is 0.776. The van der Waals surface area contributed by atoms with Crippen LogP contribution >= 0.6 is 0 Å². The second-order valence-electron chi connectivity index (χ2n) is 3.92. The van der Waals surface area contributed by atoms with Crippen molar-refractivity contribution in [3.63, 3.8) is 0 Å². The van der Waals surface area contributed by atoms with Crippen molar-refractivity contribution in [3.8, 4) is 12.3 Å². The lowest BCUT2D eigenvalue weighted by Crippen LogP contribution is -2.34. The number of aryl methyl sites for hydroxylation is 1. The molecule has 0 amide bonds. The van der Waals surface area contributed by atoms with Crippen LogP contribution in [0.2, 0.25) is 0 Å². The third-order valence-electron chi connectivity index (χ3n) is 2.48. The topological polar surface area (TPSA) is 50.3 Å². The van der Waals surface area contributed by atoms with Gasteiger partial charge < -0.3 is 0 Å². The number of hydrogen-bond acceptors (Lipinski definition) is 3. The molecule has 0 aliphatic rings. The van der Waals surface area contributed by atoms with Gasteiger partial charge in [-0.3, -0.25) is 4.98 Å². The molecule has 0 radical (unpaired) electrons. The molecule has 0 N–H and O–H groups in total. The minimum absolute atomic E-state index is 0.0473. The molecule has 98 valence electrons. The Balaban J connectivity index is 2.66. The average molecular weight is 266 g/mol. The fourth-order valence-electron chi connectivity index (χ4n) is 1.58. The lowest BCUT2D eigenvalue weighted by molar-refractivity contribution is 0.445. The number of pyridine rings is 1. The number of aromatic nitrogens is 1. The molecular weight excluding hydrogens is 248 g/mol. The first-order valence-electron chi connectivity index (χ1n) is 5.91. The van der Waals surface area contributed by atoms with Crippen molar-refractivity contribution < 1.29 is 8.42 Å². The first kappa shape index (κ1) is 14.7. The molecule has 0 atom stereocenters. The van der Waals surface area contributed by atoms with Crippen LogP contribution in [0.5, 0.6) is 0 Å². The largest absolute Gasteiger partial charge is 0.261 e. The lowest BCUT2D eigenvalue weighted by atomic mass is 10.3. The Labute approximate surface area is 109 Å². The van der Waals surface area contributed by atoms with Crippen LogP contribution in [-0.2, 0) is 16.4 Å². The molecule has 1 heterocycles. The predicted octanol–water partition coefficient (Wildman–Crippen LogP) is 1.30. The number of nitrogens with zero attached hydrogens (tertiary/aromatic N) is 2. The minimum Gasteiger partial charge on any atom is -0.261 e. The van der Waals surface area contributed by atoms with Gasteiger partial charge in [0.1, 0.15) is 0 Å². The first-order valence-corrected chi connectivity index (χ1v) is 7.52. The maximum absolute atomic E-state index is 12.1. The van der Waals surface area contributed by atoms with Crippen molar-refractivity contribution in [3.05, 3.63) is 30.1 Å². The van der Waals surface area contributed by atoms with E-state index in [1.807, 2.05) is 19.1 Å². The molecule has 1 aromatic heterocycles. The van der Waals surface area contributed by atoms with Gasteiger partial charge in [-0.2, -0.15) is 4.31 Å². The number of hydrogen-bond donors (Lipinski definition) is 0. The normalized spacial score (nSPS) is 11.4. The van der Waals surface area contributed by atoms with E-state index < -0.39 is 10.0 Å². The molecule has 0 aliphatic heterocycles. The summed E-state index contributed by atoms with van der Waals surface area (Å²) in [5.74, 6) is 2.44. The van der Waals surface area contributed by atoms with E-state index in [4.69, 9.17) is 6.42 Å². The summed E-state index contributed by atoms with van der Waals surface area (Å²) in [6.07, 6.45) is 8.02. The van der Waals surface area contributed by atoms with Gasteiger partial charge in [0.15, 0.2) is 0 Å². The highest BCUT2D eigenvalue weighted by Gasteiger charge is 2.20. The quantitative estimate of drug-likeness (QED) is 0.699. The first-order chi connectivity index (χ1) is 8.60. The van der Waals surface area contributed by atoms with Crippen LogP contribution in [0.1, 0.15) is 19.0 Å². The van der Waals surface area contributed by atoms with Crippen LogP contribution in [0.4, 0.5) is 0 Å². The summed E-state index contributed by atoms with van der Waals surface area (Å²) in [7, 11) is -3.29. The average Bonchev–Trinajstić information content (AvgIpc) is 2.37. The van der Waals surface area contributed by atoms with Gasteiger partial charge in [-0.05, 0) is 18.6 Å². The molecule has 18 heavy (non-hydrogen) atoms. The molecule has 0 unspecified atom stereocenters. The fourth-order valence-corrected chi connectivity index (χ4v) is 3.03.